The maximum absolute atomic E-state index is 13.4. The number of ether oxygens (including phenoxy) is 2. The third kappa shape index (κ3) is 5.81. The van der Waals surface area contributed by atoms with Crippen molar-refractivity contribution in [3.05, 3.63) is 48.0 Å². The van der Waals surface area contributed by atoms with Crippen molar-refractivity contribution in [2.24, 2.45) is 11.8 Å². The summed E-state index contributed by atoms with van der Waals surface area (Å²) < 4.78 is 11.9. The Bertz CT molecular complexity index is 1110. The van der Waals surface area contributed by atoms with Gasteiger partial charge in [-0.2, -0.15) is 0 Å². The second kappa shape index (κ2) is 11.0. The Labute approximate surface area is 211 Å². The molecular formula is C26H33N5O5. The summed E-state index contributed by atoms with van der Waals surface area (Å²) in [4.78, 5) is 50.5. The third-order valence-corrected chi connectivity index (χ3v) is 6.71. The van der Waals surface area contributed by atoms with Crippen LogP contribution in [0.3, 0.4) is 0 Å². The van der Waals surface area contributed by atoms with Crippen LogP contribution >= 0.6 is 0 Å². The summed E-state index contributed by atoms with van der Waals surface area (Å²) in [5, 5.41) is 2.90. The van der Waals surface area contributed by atoms with E-state index in [9.17, 15) is 14.4 Å². The number of benzene rings is 1. The first-order chi connectivity index (χ1) is 17.3. The number of nitrogens with one attached hydrogen (secondary N) is 1. The first-order valence-corrected chi connectivity index (χ1v) is 12.2. The molecule has 10 nitrogen and oxygen atoms in total. The summed E-state index contributed by atoms with van der Waals surface area (Å²) in [6, 6.07) is 4.71. The van der Waals surface area contributed by atoms with Crippen LogP contribution in [0.5, 0.6) is 5.75 Å². The molecule has 0 bridgehead atoms. The molecule has 3 amide bonds. The summed E-state index contributed by atoms with van der Waals surface area (Å²) in [6.45, 7) is 4.73. The molecule has 2 aromatic rings. The Balaban J connectivity index is 1.66. The zero-order chi connectivity index (χ0) is 25.8. The van der Waals surface area contributed by atoms with Crippen molar-refractivity contribution in [3.8, 4) is 5.75 Å². The second-order valence-electron chi connectivity index (χ2n) is 9.62. The molecule has 192 valence electrons. The highest BCUT2D eigenvalue weighted by molar-refractivity contribution is 5.99. The van der Waals surface area contributed by atoms with E-state index in [1.807, 2.05) is 13.8 Å². The molecule has 36 heavy (non-hydrogen) atoms. The molecule has 0 saturated heterocycles. The number of fused-ring (bicyclic) bond motifs is 1. The summed E-state index contributed by atoms with van der Waals surface area (Å²) in [7, 11) is 3.32. The van der Waals surface area contributed by atoms with Crippen molar-refractivity contribution in [1.82, 2.24) is 19.8 Å². The van der Waals surface area contributed by atoms with Crippen LogP contribution in [0.2, 0.25) is 0 Å². The van der Waals surface area contributed by atoms with E-state index in [-0.39, 0.29) is 54.0 Å². The van der Waals surface area contributed by atoms with Gasteiger partial charge in [-0.3, -0.25) is 19.4 Å². The number of carbonyl (C=O) groups excluding carboxylic acids is 3. The van der Waals surface area contributed by atoms with Gasteiger partial charge < -0.3 is 24.6 Å². The van der Waals surface area contributed by atoms with Crippen LogP contribution in [-0.2, 0) is 9.53 Å². The van der Waals surface area contributed by atoms with E-state index in [4.69, 9.17) is 9.47 Å². The SMILES string of the molecule is CO[C@@H]1CN(C)C(=O)c2ccc(NC(=O)C3CC3)cc2OC[C@@H](C)N(C(=O)c2cnccn2)C[C@@H]1C. The van der Waals surface area contributed by atoms with Crippen LogP contribution in [0.15, 0.2) is 36.8 Å². The molecule has 0 radical (unpaired) electrons. The van der Waals surface area contributed by atoms with Gasteiger partial charge in [-0.15, -0.1) is 0 Å². The second-order valence-corrected chi connectivity index (χ2v) is 9.62. The Hall–Kier alpha value is -3.53. The number of anilines is 1. The molecule has 2 heterocycles. The average Bonchev–Trinajstić information content (AvgIpc) is 3.74. The highest BCUT2D eigenvalue weighted by Gasteiger charge is 2.32. The predicted octanol–water partition coefficient (Wildman–Crippen LogP) is 2.47. The van der Waals surface area contributed by atoms with Crippen molar-refractivity contribution < 1.29 is 23.9 Å². The molecule has 1 saturated carbocycles. The number of amides is 3. The molecule has 1 fully saturated rings. The van der Waals surface area contributed by atoms with Gasteiger partial charge in [0, 0.05) is 63.2 Å². The largest absolute Gasteiger partial charge is 0.491 e. The van der Waals surface area contributed by atoms with E-state index < -0.39 is 0 Å². The number of nitrogens with zero attached hydrogens (tertiary/aromatic N) is 4. The maximum atomic E-state index is 13.4. The van der Waals surface area contributed by atoms with E-state index in [0.29, 0.717) is 30.1 Å². The summed E-state index contributed by atoms with van der Waals surface area (Å²) in [6.07, 6.45) is 5.93. The molecule has 0 spiro atoms. The summed E-state index contributed by atoms with van der Waals surface area (Å²) in [5.41, 5.74) is 1.19. The predicted molar refractivity (Wildman–Crippen MR) is 133 cm³/mol. The molecule has 1 aliphatic carbocycles. The van der Waals surface area contributed by atoms with Gasteiger partial charge in [0.1, 0.15) is 18.1 Å². The monoisotopic (exact) mass is 495 g/mol. The highest BCUT2D eigenvalue weighted by Crippen LogP contribution is 2.32. The van der Waals surface area contributed by atoms with Crippen LogP contribution in [0.4, 0.5) is 5.69 Å². The fourth-order valence-corrected chi connectivity index (χ4v) is 4.28. The number of hydrogen-bond donors (Lipinski definition) is 1. The van der Waals surface area contributed by atoms with E-state index in [0.717, 1.165) is 12.8 Å². The van der Waals surface area contributed by atoms with E-state index in [2.05, 4.69) is 15.3 Å². The smallest absolute Gasteiger partial charge is 0.274 e. The van der Waals surface area contributed by atoms with Gasteiger partial charge in [0.25, 0.3) is 11.8 Å². The number of aromatic nitrogens is 2. The minimum Gasteiger partial charge on any atom is -0.491 e. The Kier molecular flexibility index (Phi) is 7.83. The zero-order valence-electron chi connectivity index (χ0n) is 21.1. The van der Waals surface area contributed by atoms with Gasteiger partial charge in [-0.25, -0.2) is 4.98 Å². The Morgan fingerprint density at radius 1 is 1.17 bits per heavy atom. The van der Waals surface area contributed by atoms with Crippen LogP contribution in [0.25, 0.3) is 0 Å². The minimum atomic E-state index is -0.343. The molecule has 4 rings (SSSR count). The van der Waals surface area contributed by atoms with Gasteiger partial charge in [-0.1, -0.05) is 6.92 Å². The van der Waals surface area contributed by atoms with Gasteiger partial charge in [0.15, 0.2) is 0 Å². The van der Waals surface area contributed by atoms with E-state index >= 15 is 0 Å². The average molecular weight is 496 g/mol. The lowest BCUT2D eigenvalue weighted by Gasteiger charge is -2.35. The lowest BCUT2D eigenvalue weighted by atomic mass is 10.0. The quantitative estimate of drug-likeness (QED) is 0.693. The van der Waals surface area contributed by atoms with E-state index in [1.165, 1.54) is 18.6 Å². The van der Waals surface area contributed by atoms with Crippen molar-refractivity contribution in [2.75, 3.05) is 39.2 Å². The fourth-order valence-electron chi connectivity index (χ4n) is 4.28. The lowest BCUT2D eigenvalue weighted by Crippen LogP contribution is -2.48. The first kappa shape index (κ1) is 25.6. The summed E-state index contributed by atoms with van der Waals surface area (Å²) >= 11 is 0. The fraction of sp³-hybridized carbons (Fsp3) is 0.500. The van der Waals surface area contributed by atoms with Crippen molar-refractivity contribution in [3.63, 3.8) is 0 Å². The Morgan fingerprint density at radius 2 is 1.94 bits per heavy atom. The van der Waals surface area contributed by atoms with Gasteiger partial charge in [0.2, 0.25) is 5.91 Å². The maximum Gasteiger partial charge on any atom is 0.274 e. The molecule has 1 aromatic carbocycles. The standard InChI is InChI=1S/C26H33N5O5/c1-16-13-31(26(34)21-12-27-9-10-28-21)17(2)15-36-22-11-19(29-24(32)18-5-6-18)7-8-20(22)25(33)30(3)14-23(16)35-4/h7-12,16-18,23H,5-6,13-15H2,1-4H3,(H,29,32)/t16-,17+,23+/m0/s1. The van der Waals surface area contributed by atoms with Gasteiger partial charge in [0.05, 0.1) is 23.9 Å². The number of methoxy groups -OCH3 is 1. The van der Waals surface area contributed by atoms with Gasteiger partial charge in [-0.05, 0) is 31.9 Å². The van der Waals surface area contributed by atoms with E-state index in [1.54, 1.807) is 42.2 Å². The number of likely N-dealkylation sites (N-methyl/N-ethyl adjacent to an activating group) is 1. The molecule has 0 unspecified atom stereocenters. The Morgan fingerprint density at radius 3 is 2.61 bits per heavy atom. The topological polar surface area (TPSA) is 114 Å². The highest BCUT2D eigenvalue weighted by atomic mass is 16.5. The molecule has 10 heteroatoms. The van der Waals surface area contributed by atoms with Gasteiger partial charge >= 0.3 is 0 Å². The van der Waals surface area contributed by atoms with Crippen LogP contribution in [0.1, 0.15) is 47.5 Å². The number of carbonyl (C=O) groups is 3. The van der Waals surface area contributed by atoms with Crippen molar-refractivity contribution in [1.29, 1.82) is 0 Å². The number of rotatable bonds is 4. The molecule has 1 aromatic heterocycles. The van der Waals surface area contributed by atoms with Crippen molar-refractivity contribution >= 4 is 23.4 Å². The first-order valence-electron chi connectivity index (χ1n) is 12.2. The summed E-state index contributed by atoms with van der Waals surface area (Å²) in [5.74, 6) is -0.173. The molecule has 1 N–H and O–H groups in total. The zero-order valence-corrected chi connectivity index (χ0v) is 21.1. The normalized spacial score (nSPS) is 23.1. The molecule has 3 atom stereocenters. The lowest BCUT2D eigenvalue weighted by molar-refractivity contribution is -0.117. The van der Waals surface area contributed by atoms with Crippen molar-refractivity contribution in [2.45, 2.75) is 38.8 Å². The molecule has 2 aliphatic rings. The molecule has 1 aliphatic heterocycles. The molecular weight excluding hydrogens is 462 g/mol. The third-order valence-electron chi connectivity index (χ3n) is 6.71. The van der Waals surface area contributed by atoms with Crippen LogP contribution in [0, 0.1) is 11.8 Å². The van der Waals surface area contributed by atoms with Crippen LogP contribution < -0.4 is 10.1 Å². The minimum absolute atomic E-state index is 0.0300. The van der Waals surface area contributed by atoms with Crippen LogP contribution in [-0.4, -0.2) is 83.5 Å². The number of hydrogen-bond acceptors (Lipinski definition) is 7.